The standard InChI is InChI=1S/C23H31F2N5O/c1-3-26-23(27-11-4-5-12-30-18(2)7-6-8-22(30)31)29-15-13-28(14-16-29)21-17-19(24)9-10-20(21)25/h6-10,17H,3-5,11-16H2,1-2H3,(H,26,27). The zero-order valence-electron chi connectivity index (χ0n) is 18.3. The number of anilines is 1. The summed E-state index contributed by atoms with van der Waals surface area (Å²) in [6, 6.07) is 8.88. The van der Waals surface area contributed by atoms with Crippen molar-refractivity contribution in [3.63, 3.8) is 0 Å². The normalized spacial score (nSPS) is 14.8. The number of pyridine rings is 1. The van der Waals surface area contributed by atoms with Crippen LogP contribution >= 0.6 is 0 Å². The first-order valence-electron chi connectivity index (χ1n) is 10.9. The summed E-state index contributed by atoms with van der Waals surface area (Å²) < 4.78 is 29.4. The molecule has 0 spiro atoms. The van der Waals surface area contributed by atoms with E-state index in [0.717, 1.165) is 37.1 Å². The van der Waals surface area contributed by atoms with Crippen molar-refractivity contribution in [1.29, 1.82) is 0 Å². The molecular formula is C23H31F2N5O. The molecule has 0 unspecified atom stereocenters. The van der Waals surface area contributed by atoms with Gasteiger partial charge in [0.05, 0.1) is 5.69 Å². The van der Waals surface area contributed by atoms with E-state index in [2.05, 4.69) is 10.2 Å². The van der Waals surface area contributed by atoms with Crippen molar-refractivity contribution in [2.24, 2.45) is 4.99 Å². The van der Waals surface area contributed by atoms with E-state index in [1.807, 2.05) is 24.8 Å². The summed E-state index contributed by atoms with van der Waals surface area (Å²) in [7, 11) is 0. The number of piperazine rings is 1. The van der Waals surface area contributed by atoms with Crippen LogP contribution in [0.25, 0.3) is 0 Å². The maximum Gasteiger partial charge on any atom is 0.250 e. The van der Waals surface area contributed by atoms with E-state index >= 15 is 0 Å². The number of rotatable bonds is 7. The van der Waals surface area contributed by atoms with E-state index in [1.165, 1.54) is 12.1 Å². The molecule has 0 saturated carbocycles. The Morgan fingerprint density at radius 3 is 2.58 bits per heavy atom. The zero-order valence-corrected chi connectivity index (χ0v) is 18.3. The number of aryl methyl sites for hydroxylation is 1. The summed E-state index contributed by atoms with van der Waals surface area (Å²) in [4.78, 5) is 20.7. The predicted molar refractivity (Wildman–Crippen MR) is 121 cm³/mol. The largest absolute Gasteiger partial charge is 0.366 e. The lowest BCUT2D eigenvalue weighted by atomic mass is 10.2. The Hall–Kier alpha value is -2.90. The summed E-state index contributed by atoms with van der Waals surface area (Å²) in [5.74, 6) is 0.0137. The first-order chi connectivity index (χ1) is 15.0. The van der Waals surface area contributed by atoms with Gasteiger partial charge in [-0.1, -0.05) is 6.07 Å². The lowest BCUT2D eigenvalue weighted by Gasteiger charge is -2.37. The minimum atomic E-state index is -0.429. The van der Waals surface area contributed by atoms with Crippen molar-refractivity contribution >= 4 is 11.6 Å². The van der Waals surface area contributed by atoms with E-state index in [4.69, 9.17) is 4.99 Å². The highest BCUT2D eigenvalue weighted by atomic mass is 19.1. The number of nitrogens with zero attached hydrogens (tertiary/aromatic N) is 4. The van der Waals surface area contributed by atoms with Crippen molar-refractivity contribution in [2.45, 2.75) is 33.2 Å². The van der Waals surface area contributed by atoms with Crippen LogP contribution in [0.4, 0.5) is 14.5 Å². The number of hydrogen-bond donors (Lipinski definition) is 1. The highest BCUT2D eigenvalue weighted by Crippen LogP contribution is 2.22. The van der Waals surface area contributed by atoms with Crippen molar-refractivity contribution in [3.8, 4) is 0 Å². The number of aliphatic imine (C=N–C) groups is 1. The van der Waals surface area contributed by atoms with Gasteiger partial charge >= 0.3 is 0 Å². The van der Waals surface area contributed by atoms with Gasteiger partial charge in [0.25, 0.3) is 5.56 Å². The quantitative estimate of drug-likeness (QED) is 0.416. The summed E-state index contributed by atoms with van der Waals surface area (Å²) in [5.41, 5.74) is 1.31. The predicted octanol–water partition coefficient (Wildman–Crippen LogP) is 3.00. The molecule has 31 heavy (non-hydrogen) atoms. The van der Waals surface area contributed by atoms with Crippen LogP contribution in [-0.2, 0) is 6.54 Å². The van der Waals surface area contributed by atoms with E-state index in [9.17, 15) is 13.6 Å². The topological polar surface area (TPSA) is 52.9 Å². The third-order valence-electron chi connectivity index (χ3n) is 5.48. The van der Waals surface area contributed by atoms with E-state index in [-0.39, 0.29) is 5.56 Å². The molecular weight excluding hydrogens is 400 g/mol. The van der Waals surface area contributed by atoms with Gasteiger partial charge in [0.15, 0.2) is 5.96 Å². The molecule has 1 aliphatic rings. The Kier molecular flexibility index (Phi) is 8.03. The number of nitrogens with one attached hydrogen (secondary N) is 1. The van der Waals surface area contributed by atoms with Crippen LogP contribution in [-0.4, -0.2) is 54.7 Å². The van der Waals surface area contributed by atoms with Crippen molar-refractivity contribution < 1.29 is 8.78 Å². The van der Waals surface area contributed by atoms with Gasteiger partial charge < -0.3 is 19.7 Å². The van der Waals surface area contributed by atoms with E-state index in [1.54, 1.807) is 16.7 Å². The minimum absolute atomic E-state index is 0.0319. The maximum absolute atomic E-state index is 14.1. The van der Waals surface area contributed by atoms with Crippen LogP contribution in [0.3, 0.4) is 0 Å². The van der Waals surface area contributed by atoms with Gasteiger partial charge in [-0.05, 0) is 44.9 Å². The Balaban J connectivity index is 1.52. The zero-order chi connectivity index (χ0) is 22.2. The molecule has 1 aromatic carbocycles. The number of guanidine groups is 1. The summed E-state index contributed by atoms with van der Waals surface area (Å²) in [6.07, 6.45) is 1.75. The number of hydrogen-bond acceptors (Lipinski definition) is 3. The van der Waals surface area contributed by atoms with Crippen LogP contribution in [0.1, 0.15) is 25.5 Å². The van der Waals surface area contributed by atoms with Crippen LogP contribution in [0.15, 0.2) is 46.2 Å². The van der Waals surface area contributed by atoms with E-state index < -0.39 is 11.6 Å². The van der Waals surface area contributed by atoms with E-state index in [0.29, 0.717) is 45.0 Å². The fourth-order valence-electron chi connectivity index (χ4n) is 3.79. The van der Waals surface area contributed by atoms with Crippen molar-refractivity contribution in [2.75, 3.05) is 44.2 Å². The number of unbranched alkanes of at least 4 members (excludes halogenated alkanes) is 1. The molecule has 2 heterocycles. The average Bonchev–Trinajstić information content (AvgIpc) is 2.76. The molecule has 2 aromatic rings. The minimum Gasteiger partial charge on any atom is -0.366 e. The monoisotopic (exact) mass is 431 g/mol. The summed E-state index contributed by atoms with van der Waals surface area (Å²) >= 11 is 0. The SMILES string of the molecule is CCNC(=NCCCCn1c(C)cccc1=O)N1CCN(c2cc(F)ccc2F)CC1. The van der Waals surface area contributed by atoms with Gasteiger partial charge in [0.1, 0.15) is 11.6 Å². The summed E-state index contributed by atoms with van der Waals surface area (Å²) in [6.45, 7) is 8.65. The van der Waals surface area contributed by atoms with Crippen LogP contribution in [0, 0.1) is 18.6 Å². The fraction of sp³-hybridized carbons (Fsp3) is 0.478. The molecule has 8 heteroatoms. The molecule has 0 atom stereocenters. The second kappa shape index (κ2) is 10.9. The second-order valence-electron chi connectivity index (χ2n) is 7.67. The molecule has 1 N–H and O–H groups in total. The Labute approximate surface area is 182 Å². The summed E-state index contributed by atoms with van der Waals surface area (Å²) in [5, 5.41) is 3.32. The second-order valence-corrected chi connectivity index (χ2v) is 7.67. The lowest BCUT2D eigenvalue weighted by molar-refractivity contribution is 0.370. The highest BCUT2D eigenvalue weighted by molar-refractivity contribution is 5.80. The molecule has 0 amide bonds. The number of halogens is 2. The molecule has 1 aliphatic heterocycles. The highest BCUT2D eigenvalue weighted by Gasteiger charge is 2.22. The molecule has 0 aliphatic carbocycles. The Morgan fingerprint density at radius 1 is 1.10 bits per heavy atom. The van der Waals surface area contributed by atoms with Gasteiger partial charge in [-0.3, -0.25) is 9.79 Å². The van der Waals surface area contributed by atoms with Crippen LogP contribution < -0.4 is 15.8 Å². The molecule has 1 fully saturated rings. The lowest BCUT2D eigenvalue weighted by Crippen LogP contribution is -2.52. The Bertz CT molecular complexity index is 951. The van der Waals surface area contributed by atoms with Gasteiger partial charge in [-0.2, -0.15) is 0 Å². The average molecular weight is 432 g/mol. The van der Waals surface area contributed by atoms with Gasteiger partial charge in [-0.15, -0.1) is 0 Å². The molecule has 0 radical (unpaired) electrons. The first kappa shape index (κ1) is 22.8. The van der Waals surface area contributed by atoms with Crippen LogP contribution in [0.2, 0.25) is 0 Å². The molecule has 6 nitrogen and oxygen atoms in total. The van der Waals surface area contributed by atoms with Gasteiger partial charge in [-0.25, -0.2) is 8.78 Å². The molecule has 0 bridgehead atoms. The van der Waals surface area contributed by atoms with Crippen molar-refractivity contribution in [3.05, 3.63) is 64.1 Å². The van der Waals surface area contributed by atoms with Gasteiger partial charge in [0.2, 0.25) is 0 Å². The van der Waals surface area contributed by atoms with Crippen molar-refractivity contribution in [1.82, 2.24) is 14.8 Å². The third-order valence-corrected chi connectivity index (χ3v) is 5.48. The molecule has 1 saturated heterocycles. The molecule has 168 valence electrons. The maximum atomic E-state index is 14.1. The molecule has 1 aromatic heterocycles. The number of aromatic nitrogens is 1. The third kappa shape index (κ3) is 6.06. The Morgan fingerprint density at radius 2 is 1.87 bits per heavy atom. The van der Waals surface area contributed by atoms with Gasteiger partial charge in [0, 0.05) is 63.6 Å². The fourth-order valence-corrected chi connectivity index (χ4v) is 3.79. The van der Waals surface area contributed by atoms with Crippen LogP contribution in [0.5, 0.6) is 0 Å². The first-order valence-corrected chi connectivity index (χ1v) is 10.9. The number of benzene rings is 1. The molecule has 3 rings (SSSR count). The smallest absolute Gasteiger partial charge is 0.250 e.